The molecule has 0 aromatic heterocycles. The molecule has 2 heterocycles. The van der Waals surface area contributed by atoms with Crippen molar-refractivity contribution in [2.24, 2.45) is 0 Å². The van der Waals surface area contributed by atoms with Gasteiger partial charge in [-0.15, -0.1) is 0 Å². The predicted molar refractivity (Wildman–Crippen MR) is 72.3 cm³/mol. The first-order chi connectivity index (χ1) is 9.95. The monoisotopic (exact) mass is 299 g/mol. The molecule has 5 atom stereocenters. The van der Waals surface area contributed by atoms with E-state index in [0.717, 1.165) is 0 Å². The Morgan fingerprint density at radius 2 is 1.48 bits per heavy atom. The summed E-state index contributed by atoms with van der Waals surface area (Å²) in [6, 6.07) is -0.208. The highest BCUT2D eigenvalue weighted by Crippen LogP contribution is 2.35. The summed E-state index contributed by atoms with van der Waals surface area (Å²) in [5.74, 6) is -0.806. The van der Waals surface area contributed by atoms with Crippen LogP contribution in [0.25, 0.3) is 0 Å². The quantitative estimate of drug-likeness (QED) is 0.404. The fourth-order valence-electron chi connectivity index (χ4n) is 2.95. The van der Waals surface area contributed by atoms with Gasteiger partial charge in [-0.25, -0.2) is 0 Å². The van der Waals surface area contributed by atoms with Crippen molar-refractivity contribution in [3.63, 3.8) is 0 Å². The molecule has 0 aromatic rings. The lowest BCUT2D eigenvalue weighted by Crippen LogP contribution is -2.64. The van der Waals surface area contributed by atoms with E-state index in [2.05, 4.69) is 0 Å². The zero-order valence-electron chi connectivity index (χ0n) is 12.6. The molecular formula is C14H21NO6. The average Bonchev–Trinajstić information content (AvgIpc) is 2.69. The third-order valence-electron chi connectivity index (χ3n) is 3.75. The van der Waals surface area contributed by atoms with Crippen molar-refractivity contribution in [3.8, 4) is 0 Å². The molecule has 0 saturated carbocycles. The molecule has 1 saturated heterocycles. The molecule has 0 N–H and O–H groups in total. The fraction of sp³-hybridized carbons (Fsp3) is 0.714. The second kappa shape index (κ2) is 6.55. The maximum Gasteiger partial charge on any atom is 0.303 e. The van der Waals surface area contributed by atoms with E-state index in [1.165, 1.54) is 21.0 Å². The van der Waals surface area contributed by atoms with Crippen LogP contribution in [0.2, 0.25) is 0 Å². The van der Waals surface area contributed by atoms with Crippen LogP contribution in [-0.4, -0.2) is 68.2 Å². The Morgan fingerprint density at radius 3 is 1.86 bits per heavy atom. The van der Waals surface area contributed by atoms with Gasteiger partial charge in [-0.3, -0.25) is 14.5 Å². The molecule has 1 unspecified atom stereocenters. The number of rotatable bonds is 5. The van der Waals surface area contributed by atoms with Crippen LogP contribution in [0.3, 0.4) is 0 Å². The molecule has 2 aliphatic heterocycles. The summed E-state index contributed by atoms with van der Waals surface area (Å²) in [5, 5.41) is 0. The first-order valence-electron chi connectivity index (χ1n) is 6.81. The lowest BCUT2D eigenvalue weighted by molar-refractivity contribution is -0.214. The molecule has 0 spiro atoms. The molecule has 0 radical (unpaired) electrons. The molecular weight excluding hydrogens is 278 g/mol. The maximum atomic E-state index is 11.4. The number of carbonyl (C=O) groups is 2. The van der Waals surface area contributed by atoms with E-state index in [1.54, 1.807) is 0 Å². The number of likely N-dealkylation sites (N-methyl/N-ethyl adjacent to an activating group) is 1. The summed E-state index contributed by atoms with van der Waals surface area (Å²) in [4.78, 5) is 24.8. The molecule has 7 nitrogen and oxygen atoms in total. The van der Waals surface area contributed by atoms with Crippen LogP contribution < -0.4 is 0 Å². The van der Waals surface area contributed by atoms with Crippen molar-refractivity contribution in [2.45, 2.75) is 44.2 Å². The van der Waals surface area contributed by atoms with Gasteiger partial charge in [0.2, 0.25) is 0 Å². The van der Waals surface area contributed by atoms with Gasteiger partial charge >= 0.3 is 11.9 Å². The van der Waals surface area contributed by atoms with Gasteiger partial charge in [0.1, 0.15) is 12.9 Å². The van der Waals surface area contributed by atoms with E-state index in [-0.39, 0.29) is 18.9 Å². The van der Waals surface area contributed by atoms with Crippen molar-refractivity contribution in [1.82, 2.24) is 4.90 Å². The molecule has 2 aliphatic rings. The summed E-state index contributed by atoms with van der Waals surface area (Å²) in [6.07, 6.45) is 2.22. The zero-order valence-corrected chi connectivity index (χ0v) is 12.6. The third kappa shape index (κ3) is 3.25. The molecule has 2 bridgehead atoms. The molecule has 118 valence electrons. The number of fused-ring (bicyclic) bond motifs is 2. The Balaban J connectivity index is 2.27. The third-order valence-corrected chi connectivity index (χ3v) is 3.75. The number of nitrogens with zero attached hydrogens (tertiary/aromatic N) is 1. The number of piperidine rings is 1. The van der Waals surface area contributed by atoms with Crippen LogP contribution in [0.1, 0.15) is 13.8 Å². The Labute approximate surface area is 123 Å². The Hall–Kier alpha value is -1.44. The van der Waals surface area contributed by atoms with Crippen molar-refractivity contribution in [2.75, 3.05) is 21.0 Å². The smallest absolute Gasteiger partial charge is 0.303 e. The van der Waals surface area contributed by atoms with Crippen LogP contribution in [0.4, 0.5) is 0 Å². The van der Waals surface area contributed by atoms with E-state index < -0.39 is 30.3 Å². The summed E-state index contributed by atoms with van der Waals surface area (Å²) in [7, 11) is 3.40. The lowest BCUT2D eigenvalue weighted by atomic mass is 9.93. The van der Waals surface area contributed by atoms with E-state index in [4.69, 9.17) is 18.9 Å². The minimum atomic E-state index is -0.570. The van der Waals surface area contributed by atoms with Crippen LogP contribution in [0, 0.1) is 0 Å². The number of hydrogen-bond acceptors (Lipinski definition) is 7. The molecule has 2 rings (SSSR count). The Kier molecular flexibility index (Phi) is 4.97. The van der Waals surface area contributed by atoms with Gasteiger partial charge in [0.15, 0.2) is 12.2 Å². The molecule has 21 heavy (non-hydrogen) atoms. The second-order valence-corrected chi connectivity index (χ2v) is 5.22. The van der Waals surface area contributed by atoms with Gasteiger partial charge < -0.3 is 18.9 Å². The zero-order chi connectivity index (χ0) is 15.6. The van der Waals surface area contributed by atoms with Crippen molar-refractivity contribution in [3.05, 3.63) is 12.2 Å². The van der Waals surface area contributed by atoms with Gasteiger partial charge in [0.05, 0.1) is 12.1 Å². The average molecular weight is 299 g/mol. The van der Waals surface area contributed by atoms with Crippen LogP contribution in [-0.2, 0) is 28.5 Å². The highest BCUT2D eigenvalue weighted by Gasteiger charge is 2.53. The van der Waals surface area contributed by atoms with E-state index in [9.17, 15) is 9.59 Å². The molecule has 0 amide bonds. The first kappa shape index (κ1) is 15.9. The lowest BCUT2D eigenvalue weighted by Gasteiger charge is -2.45. The van der Waals surface area contributed by atoms with Gasteiger partial charge in [0.25, 0.3) is 0 Å². The minimum Gasteiger partial charge on any atom is -0.458 e. The topological polar surface area (TPSA) is 74.3 Å². The van der Waals surface area contributed by atoms with E-state index >= 15 is 0 Å². The highest BCUT2D eigenvalue weighted by atomic mass is 16.7. The van der Waals surface area contributed by atoms with Gasteiger partial charge in [-0.05, 0) is 7.05 Å². The van der Waals surface area contributed by atoms with E-state index in [0.29, 0.717) is 0 Å². The van der Waals surface area contributed by atoms with E-state index in [1.807, 2.05) is 24.1 Å². The van der Waals surface area contributed by atoms with Crippen molar-refractivity contribution < 1.29 is 28.5 Å². The number of ether oxygens (including phenoxy) is 4. The number of carbonyl (C=O) groups excluding carboxylic acids is 2. The summed E-state index contributed by atoms with van der Waals surface area (Å²) >= 11 is 0. The second-order valence-electron chi connectivity index (χ2n) is 5.22. The summed E-state index contributed by atoms with van der Waals surface area (Å²) < 4.78 is 21.4. The standard InChI is InChI=1S/C14H21NO6/c1-8(16)20-12-10-5-6-11(15(10)3)13(21-9(2)17)14(12)19-7-18-4/h5-6,10-14H,7H2,1-4H3/t10-,11+,12+,13-,14?. The normalized spacial score (nSPS) is 34.8. The van der Waals surface area contributed by atoms with Crippen LogP contribution >= 0.6 is 0 Å². The molecule has 0 aliphatic carbocycles. The number of esters is 2. The van der Waals surface area contributed by atoms with Gasteiger partial charge in [-0.1, -0.05) is 12.2 Å². The Morgan fingerprint density at radius 1 is 1.00 bits per heavy atom. The van der Waals surface area contributed by atoms with Gasteiger partial charge in [0, 0.05) is 21.0 Å². The summed E-state index contributed by atoms with van der Waals surface area (Å²) in [6.45, 7) is 2.72. The van der Waals surface area contributed by atoms with Crippen molar-refractivity contribution in [1.29, 1.82) is 0 Å². The minimum absolute atomic E-state index is 0.0311. The molecule has 7 heteroatoms. The van der Waals surface area contributed by atoms with Crippen LogP contribution in [0.5, 0.6) is 0 Å². The molecule has 1 fully saturated rings. The van der Waals surface area contributed by atoms with Crippen LogP contribution in [0.15, 0.2) is 12.2 Å². The number of hydrogen-bond donors (Lipinski definition) is 0. The first-order valence-corrected chi connectivity index (χ1v) is 6.81. The predicted octanol–water partition coefficient (Wildman–Crippen LogP) is 0.0913. The fourth-order valence-corrected chi connectivity index (χ4v) is 2.95. The number of methoxy groups -OCH3 is 1. The maximum absolute atomic E-state index is 11.4. The SMILES string of the molecule is COCOC1[C@@H](OC(C)=O)[C@H]2C=C[C@@H]([C@H]1OC(C)=O)N2C. The van der Waals surface area contributed by atoms with Crippen molar-refractivity contribution >= 4 is 11.9 Å². The molecule has 0 aromatic carbocycles. The largest absolute Gasteiger partial charge is 0.458 e. The highest BCUT2D eigenvalue weighted by molar-refractivity contribution is 5.67. The summed E-state index contributed by atoms with van der Waals surface area (Å²) in [5.41, 5.74) is 0. The van der Waals surface area contributed by atoms with Gasteiger partial charge in [-0.2, -0.15) is 0 Å². The Bertz CT molecular complexity index is 403.